The lowest BCUT2D eigenvalue weighted by Crippen LogP contribution is -2.37. The number of anilines is 1. The van der Waals surface area contributed by atoms with Crippen LogP contribution in [0, 0.1) is 11.8 Å². The van der Waals surface area contributed by atoms with Crippen LogP contribution in [0.5, 0.6) is 0 Å². The van der Waals surface area contributed by atoms with Crippen molar-refractivity contribution in [2.45, 2.75) is 32.7 Å². The Bertz CT molecular complexity index is 372. The van der Waals surface area contributed by atoms with E-state index in [0.29, 0.717) is 6.04 Å². The summed E-state index contributed by atoms with van der Waals surface area (Å²) in [6, 6.07) is 6.59. The fourth-order valence-electron chi connectivity index (χ4n) is 2.15. The van der Waals surface area contributed by atoms with Gasteiger partial charge in [0.15, 0.2) is 0 Å². The molecule has 1 fully saturated rings. The van der Waals surface area contributed by atoms with Crippen LogP contribution < -0.4 is 5.32 Å². The molecule has 1 aromatic rings. The van der Waals surface area contributed by atoms with E-state index in [4.69, 9.17) is 11.6 Å². The summed E-state index contributed by atoms with van der Waals surface area (Å²) in [5, 5.41) is 4.30. The van der Waals surface area contributed by atoms with Gasteiger partial charge in [-0.2, -0.15) is 0 Å². The molecule has 0 saturated heterocycles. The molecule has 1 aromatic carbocycles. The molecule has 0 aliphatic heterocycles. The van der Waals surface area contributed by atoms with Crippen LogP contribution in [0.1, 0.15) is 26.7 Å². The van der Waals surface area contributed by atoms with Gasteiger partial charge in [0.05, 0.1) is 10.7 Å². The number of hydrogen-bond acceptors (Lipinski definition) is 1. The van der Waals surface area contributed by atoms with Gasteiger partial charge in [-0.1, -0.05) is 41.4 Å². The monoisotopic (exact) mass is 301 g/mol. The van der Waals surface area contributed by atoms with Crippen molar-refractivity contribution in [3.05, 3.63) is 27.7 Å². The molecule has 0 amide bonds. The summed E-state index contributed by atoms with van der Waals surface area (Å²) in [6.45, 7) is 4.60. The molecule has 3 heteroatoms. The first-order chi connectivity index (χ1) is 7.56. The maximum atomic E-state index is 6.16. The van der Waals surface area contributed by atoms with Gasteiger partial charge in [-0.3, -0.25) is 0 Å². The van der Waals surface area contributed by atoms with E-state index in [1.807, 2.05) is 18.2 Å². The average Bonchev–Trinajstić information content (AvgIpc) is 2.12. The van der Waals surface area contributed by atoms with Gasteiger partial charge >= 0.3 is 0 Å². The van der Waals surface area contributed by atoms with Gasteiger partial charge in [0.25, 0.3) is 0 Å². The molecule has 0 atom stereocenters. The first-order valence-corrected chi connectivity index (χ1v) is 6.95. The minimum Gasteiger partial charge on any atom is -0.381 e. The normalized spacial score (nSPS) is 24.3. The Morgan fingerprint density at radius 1 is 1.38 bits per heavy atom. The maximum absolute atomic E-state index is 6.16. The molecule has 1 nitrogen and oxygen atoms in total. The van der Waals surface area contributed by atoms with Crippen LogP contribution in [0.2, 0.25) is 5.02 Å². The standard InChI is InChI=1S/C13H17BrClN/c1-8(2)9-5-11(6-9)16-13-4-3-10(14)7-12(13)15/h3-4,7-9,11,16H,5-6H2,1-2H3. The number of halogens is 2. The smallest absolute Gasteiger partial charge is 0.0648 e. The first-order valence-electron chi connectivity index (χ1n) is 5.78. The fourth-order valence-corrected chi connectivity index (χ4v) is 2.88. The third kappa shape index (κ3) is 2.72. The van der Waals surface area contributed by atoms with Crippen LogP contribution in [0.3, 0.4) is 0 Å². The van der Waals surface area contributed by atoms with E-state index in [2.05, 4.69) is 35.1 Å². The van der Waals surface area contributed by atoms with Gasteiger partial charge in [0, 0.05) is 10.5 Å². The zero-order valence-electron chi connectivity index (χ0n) is 9.63. The molecule has 0 radical (unpaired) electrons. The van der Waals surface area contributed by atoms with Crippen molar-refractivity contribution < 1.29 is 0 Å². The molecule has 0 spiro atoms. The van der Waals surface area contributed by atoms with Crippen molar-refractivity contribution in [1.82, 2.24) is 0 Å². The predicted octanol–water partition coefficient (Wildman–Crippen LogP) is 4.95. The number of benzene rings is 1. The highest BCUT2D eigenvalue weighted by Gasteiger charge is 2.31. The Morgan fingerprint density at radius 2 is 2.06 bits per heavy atom. The second kappa shape index (κ2) is 4.97. The average molecular weight is 303 g/mol. The molecule has 16 heavy (non-hydrogen) atoms. The summed E-state index contributed by atoms with van der Waals surface area (Å²) in [7, 11) is 0. The third-order valence-corrected chi connectivity index (χ3v) is 4.21. The second-order valence-electron chi connectivity index (χ2n) is 4.94. The van der Waals surface area contributed by atoms with E-state index in [1.165, 1.54) is 12.8 Å². The van der Waals surface area contributed by atoms with E-state index >= 15 is 0 Å². The van der Waals surface area contributed by atoms with Crippen molar-refractivity contribution in [3.63, 3.8) is 0 Å². The molecule has 0 unspecified atom stereocenters. The van der Waals surface area contributed by atoms with Crippen molar-refractivity contribution >= 4 is 33.2 Å². The van der Waals surface area contributed by atoms with Gasteiger partial charge in [-0.25, -0.2) is 0 Å². The fraction of sp³-hybridized carbons (Fsp3) is 0.538. The zero-order valence-corrected chi connectivity index (χ0v) is 12.0. The number of nitrogens with one attached hydrogen (secondary N) is 1. The summed E-state index contributed by atoms with van der Waals surface area (Å²) in [4.78, 5) is 0. The number of rotatable bonds is 3. The molecule has 0 aromatic heterocycles. The van der Waals surface area contributed by atoms with Crippen LogP contribution in [-0.2, 0) is 0 Å². The SMILES string of the molecule is CC(C)C1CC(Nc2ccc(Br)cc2Cl)C1. The topological polar surface area (TPSA) is 12.0 Å². The minimum atomic E-state index is 0.603. The lowest BCUT2D eigenvalue weighted by Gasteiger charge is -2.39. The van der Waals surface area contributed by atoms with E-state index in [9.17, 15) is 0 Å². The molecular formula is C13H17BrClN. The Kier molecular flexibility index (Phi) is 3.81. The maximum Gasteiger partial charge on any atom is 0.0648 e. The van der Waals surface area contributed by atoms with Gasteiger partial charge in [-0.15, -0.1) is 0 Å². The van der Waals surface area contributed by atoms with Gasteiger partial charge in [0.2, 0.25) is 0 Å². The molecule has 88 valence electrons. The van der Waals surface area contributed by atoms with Crippen LogP contribution in [0.25, 0.3) is 0 Å². The highest BCUT2D eigenvalue weighted by molar-refractivity contribution is 9.10. The van der Waals surface area contributed by atoms with Gasteiger partial charge in [-0.05, 0) is 42.9 Å². The highest BCUT2D eigenvalue weighted by atomic mass is 79.9. The summed E-state index contributed by atoms with van der Waals surface area (Å²) < 4.78 is 1.02. The van der Waals surface area contributed by atoms with Crippen LogP contribution in [-0.4, -0.2) is 6.04 Å². The summed E-state index contributed by atoms with van der Waals surface area (Å²) in [5.74, 6) is 1.69. The molecule has 1 N–H and O–H groups in total. The lowest BCUT2D eigenvalue weighted by molar-refractivity contribution is 0.212. The Morgan fingerprint density at radius 3 is 2.62 bits per heavy atom. The summed E-state index contributed by atoms with van der Waals surface area (Å²) >= 11 is 9.57. The molecule has 0 heterocycles. The molecule has 0 bridgehead atoms. The van der Waals surface area contributed by atoms with E-state index in [0.717, 1.165) is 27.0 Å². The third-order valence-electron chi connectivity index (χ3n) is 3.41. The molecule has 1 saturated carbocycles. The van der Waals surface area contributed by atoms with Crippen molar-refractivity contribution in [1.29, 1.82) is 0 Å². The second-order valence-corrected chi connectivity index (χ2v) is 6.26. The van der Waals surface area contributed by atoms with Gasteiger partial charge < -0.3 is 5.32 Å². The van der Waals surface area contributed by atoms with Crippen LogP contribution in [0.4, 0.5) is 5.69 Å². The Balaban J connectivity index is 1.91. The van der Waals surface area contributed by atoms with Crippen molar-refractivity contribution in [3.8, 4) is 0 Å². The van der Waals surface area contributed by atoms with Crippen LogP contribution in [0.15, 0.2) is 22.7 Å². The minimum absolute atomic E-state index is 0.603. The summed E-state index contributed by atoms with van der Waals surface area (Å²) in [6.07, 6.45) is 2.54. The largest absolute Gasteiger partial charge is 0.381 e. The van der Waals surface area contributed by atoms with Crippen LogP contribution >= 0.6 is 27.5 Å². The number of hydrogen-bond donors (Lipinski definition) is 1. The van der Waals surface area contributed by atoms with E-state index < -0.39 is 0 Å². The highest BCUT2D eigenvalue weighted by Crippen LogP contribution is 2.37. The summed E-state index contributed by atoms with van der Waals surface area (Å²) in [5.41, 5.74) is 1.05. The van der Waals surface area contributed by atoms with E-state index in [1.54, 1.807) is 0 Å². The zero-order chi connectivity index (χ0) is 11.7. The molecule has 1 aliphatic carbocycles. The quantitative estimate of drug-likeness (QED) is 0.833. The lowest BCUT2D eigenvalue weighted by atomic mass is 9.73. The van der Waals surface area contributed by atoms with Crippen molar-refractivity contribution in [2.75, 3.05) is 5.32 Å². The van der Waals surface area contributed by atoms with Gasteiger partial charge in [0.1, 0.15) is 0 Å². The van der Waals surface area contributed by atoms with E-state index in [-0.39, 0.29) is 0 Å². The van der Waals surface area contributed by atoms with Crippen molar-refractivity contribution in [2.24, 2.45) is 11.8 Å². The first kappa shape index (κ1) is 12.3. The molecule has 1 aliphatic rings. The predicted molar refractivity (Wildman–Crippen MR) is 74.1 cm³/mol. The molecule has 2 rings (SSSR count). The Labute approximate surface area is 111 Å². The molecular weight excluding hydrogens is 286 g/mol. The Hall–Kier alpha value is -0.210.